The Morgan fingerprint density at radius 1 is 0.967 bits per heavy atom. The van der Waals surface area contributed by atoms with Gasteiger partial charge in [-0.05, 0) is 29.5 Å². The van der Waals surface area contributed by atoms with Crippen molar-refractivity contribution in [3.8, 4) is 0 Å². The van der Waals surface area contributed by atoms with E-state index in [1.165, 1.54) is 0 Å². The largest absolute Gasteiger partial charge is 0.475 e. The monoisotopic (exact) mass is 421 g/mol. The van der Waals surface area contributed by atoms with Gasteiger partial charge < -0.3 is 10.1 Å². The number of thioether (sulfide) groups is 1. The summed E-state index contributed by atoms with van der Waals surface area (Å²) in [6.45, 7) is 11.8. The van der Waals surface area contributed by atoms with Crippen LogP contribution in [0.15, 0.2) is 58.5 Å². The van der Waals surface area contributed by atoms with Crippen molar-refractivity contribution in [3.63, 3.8) is 0 Å². The lowest BCUT2D eigenvalue weighted by Crippen LogP contribution is -2.24. The van der Waals surface area contributed by atoms with Gasteiger partial charge in [0.05, 0.1) is 23.3 Å². The quantitative estimate of drug-likeness (QED) is 0.631. The summed E-state index contributed by atoms with van der Waals surface area (Å²) in [5.74, 6) is 2.23. The predicted molar refractivity (Wildman–Crippen MR) is 130 cm³/mol. The normalized spacial score (nSPS) is 21.4. The van der Waals surface area contributed by atoms with Gasteiger partial charge in [0, 0.05) is 17.0 Å². The zero-order valence-electron chi connectivity index (χ0n) is 18.5. The summed E-state index contributed by atoms with van der Waals surface area (Å²) in [4.78, 5) is 9.88. The van der Waals surface area contributed by atoms with Crippen molar-refractivity contribution >= 4 is 34.1 Å². The molecule has 0 amide bonds. The second-order valence-electron chi connectivity index (χ2n) is 9.40. The summed E-state index contributed by atoms with van der Waals surface area (Å²) in [6, 6.07) is 17.2. The molecule has 0 aliphatic carbocycles. The lowest BCUT2D eigenvalue weighted by Gasteiger charge is -2.23. The highest BCUT2D eigenvalue weighted by Gasteiger charge is 2.30. The van der Waals surface area contributed by atoms with Crippen molar-refractivity contribution in [1.29, 1.82) is 0 Å². The number of hydrogen-bond acceptors (Lipinski definition) is 5. The number of anilines is 2. The smallest absolute Gasteiger partial charge is 0.218 e. The number of ether oxygens (including phenoxy) is 1. The molecule has 2 aromatic rings. The lowest BCUT2D eigenvalue weighted by atomic mass is 9.88. The van der Waals surface area contributed by atoms with Crippen LogP contribution in [0.5, 0.6) is 0 Å². The van der Waals surface area contributed by atoms with Crippen molar-refractivity contribution in [2.45, 2.75) is 46.7 Å². The summed E-state index contributed by atoms with van der Waals surface area (Å²) in [5, 5.41) is 4.75. The summed E-state index contributed by atoms with van der Waals surface area (Å²) in [5.41, 5.74) is 4.39. The van der Waals surface area contributed by atoms with Gasteiger partial charge in [-0.25, -0.2) is 4.99 Å². The van der Waals surface area contributed by atoms with Crippen molar-refractivity contribution in [1.82, 2.24) is 0 Å². The Balaban J connectivity index is 1.64. The van der Waals surface area contributed by atoms with E-state index in [4.69, 9.17) is 14.7 Å². The van der Waals surface area contributed by atoms with E-state index < -0.39 is 0 Å². The van der Waals surface area contributed by atoms with Crippen LogP contribution in [0, 0.1) is 11.3 Å². The van der Waals surface area contributed by atoms with Crippen LogP contribution in [0.2, 0.25) is 0 Å². The number of benzene rings is 2. The van der Waals surface area contributed by atoms with Crippen LogP contribution in [-0.4, -0.2) is 35.4 Å². The molecule has 2 atom stereocenters. The van der Waals surface area contributed by atoms with Gasteiger partial charge in [-0.1, -0.05) is 65.0 Å². The fraction of sp³-hybridized carbons (Fsp3) is 0.440. The standard InChI is InChI=1S/C25H31N3OS/c1-16(2)21-14-29-23(27-21)17-10-6-8-12-19(17)26-20-13-9-7-11-18(20)24-28-22(15-30-24)25(3,4)5/h6-13,16,21-22,26H,14-15H2,1-5H3/t21-,22-/m1/s1. The number of aliphatic imine (C=N–C) groups is 2. The molecule has 0 radical (unpaired) electrons. The number of nitrogens with one attached hydrogen (secondary N) is 1. The molecule has 2 aliphatic heterocycles. The van der Waals surface area contributed by atoms with Crippen molar-refractivity contribution in [3.05, 3.63) is 59.7 Å². The third-order valence-electron chi connectivity index (χ3n) is 5.68. The maximum Gasteiger partial charge on any atom is 0.218 e. The minimum atomic E-state index is 0.175. The number of hydrogen-bond donors (Lipinski definition) is 1. The van der Waals surface area contributed by atoms with Crippen LogP contribution in [0.4, 0.5) is 11.4 Å². The molecule has 5 heteroatoms. The van der Waals surface area contributed by atoms with E-state index in [0.29, 0.717) is 18.6 Å². The summed E-state index contributed by atoms with van der Waals surface area (Å²) >= 11 is 1.85. The second kappa shape index (κ2) is 8.46. The van der Waals surface area contributed by atoms with E-state index in [1.807, 2.05) is 23.9 Å². The lowest BCUT2D eigenvalue weighted by molar-refractivity contribution is 0.292. The van der Waals surface area contributed by atoms with Gasteiger partial charge >= 0.3 is 0 Å². The van der Waals surface area contributed by atoms with E-state index in [2.05, 4.69) is 76.3 Å². The minimum absolute atomic E-state index is 0.175. The highest BCUT2D eigenvalue weighted by Crippen LogP contribution is 2.36. The molecule has 2 aromatic carbocycles. The van der Waals surface area contributed by atoms with Gasteiger partial charge in [0.1, 0.15) is 11.7 Å². The second-order valence-corrected chi connectivity index (χ2v) is 10.4. The van der Waals surface area contributed by atoms with E-state index in [9.17, 15) is 0 Å². The average molecular weight is 422 g/mol. The van der Waals surface area contributed by atoms with Gasteiger partial charge in [0.2, 0.25) is 5.90 Å². The molecule has 0 unspecified atom stereocenters. The third kappa shape index (κ3) is 4.41. The van der Waals surface area contributed by atoms with Crippen LogP contribution in [0.25, 0.3) is 0 Å². The highest BCUT2D eigenvalue weighted by atomic mass is 32.2. The Kier molecular flexibility index (Phi) is 5.92. The van der Waals surface area contributed by atoms with Crippen LogP contribution in [0.1, 0.15) is 45.7 Å². The molecule has 0 fully saturated rings. The van der Waals surface area contributed by atoms with E-state index in [1.54, 1.807) is 0 Å². The summed E-state index contributed by atoms with van der Waals surface area (Å²) in [7, 11) is 0. The number of para-hydroxylation sites is 2. The van der Waals surface area contributed by atoms with Crippen molar-refractivity contribution < 1.29 is 4.74 Å². The molecule has 4 nitrogen and oxygen atoms in total. The molecule has 30 heavy (non-hydrogen) atoms. The first-order valence-electron chi connectivity index (χ1n) is 10.7. The van der Waals surface area contributed by atoms with Crippen LogP contribution in [-0.2, 0) is 4.74 Å². The SMILES string of the molecule is CC(C)[C@H]1COC(c2ccccc2Nc2ccccc2C2=N[C@@H](C(C)(C)C)CS2)=N1. The number of rotatable bonds is 5. The minimum Gasteiger partial charge on any atom is -0.475 e. The molecule has 158 valence electrons. The Morgan fingerprint density at radius 2 is 1.60 bits per heavy atom. The van der Waals surface area contributed by atoms with Gasteiger partial charge in [-0.15, -0.1) is 11.8 Å². The van der Waals surface area contributed by atoms with Gasteiger partial charge in [-0.2, -0.15) is 0 Å². The maximum absolute atomic E-state index is 5.96. The molecule has 0 aromatic heterocycles. The molecular formula is C25H31N3OS. The summed E-state index contributed by atoms with van der Waals surface area (Å²) < 4.78 is 5.96. The van der Waals surface area contributed by atoms with E-state index >= 15 is 0 Å². The Hall–Kier alpha value is -2.27. The average Bonchev–Trinajstić information content (AvgIpc) is 3.39. The first-order chi connectivity index (χ1) is 14.3. The molecule has 0 saturated carbocycles. The van der Waals surface area contributed by atoms with Gasteiger partial charge in [0.25, 0.3) is 0 Å². The highest BCUT2D eigenvalue weighted by molar-refractivity contribution is 8.14. The Morgan fingerprint density at radius 3 is 2.20 bits per heavy atom. The van der Waals surface area contributed by atoms with Gasteiger partial charge in [-0.3, -0.25) is 4.99 Å². The molecule has 2 aliphatic rings. The number of nitrogens with zero attached hydrogens (tertiary/aromatic N) is 2. The zero-order chi connectivity index (χ0) is 21.3. The van der Waals surface area contributed by atoms with Gasteiger partial charge in [0.15, 0.2) is 0 Å². The molecule has 4 rings (SSSR count). The predicted octanol–water partition coefficient (Wildman–Crippen LogP) is 6.14. The summed E-state index contributed by atoms with van der Waals surface area (Å²) in [6.07, 6.45) is 0. The van der Waals surface area contributed by atoms with Crippen LogP contribution < -0.4 is 5.32 Å². The third-order valence-corrected chi connectivity index (χ3v) is 6.76. The van der Waals surface area contributed by atoms with Crippen LogP contribution in [0.3, 0.4) is 0 Å². The first-order valence-corrected chi connectivity index (χ1v) is 11.7. The van der Waals surface area contributed by atoms with E-state index in [0.717, 1.165) is 39.2 Å². The molecule has 1 N–H and O–H groups in total. The Labute approximate surface area is 184 Å². The fourth-order valence-electron chi connectivity index (χ4n) is 3.55. The Bertz CT molecular complexity index is 974. The molecule has 0 bridgehead atoms. The first kappa shape index (κ1) is 21.0. The maximum atomic E-state index is 5.96. The molecule has 2 heterocycles. The topological polar surface area (TPSA) is 46.0 Å². The molecule has 0 saturated heterocycles. The zero-order valence-corrected chi connectivity index (χ0v) is 19.3. The van der Waals surface area contributed by atoms with Crippen molar-refractivity contribution in [2.24, 2.45) is 21.3 Å². The fourth-order valence-corrected chi connectivity index (χ4v) is 4.97. The van der Waals surface area contributed by atoms with Crippen LogP contribution >= 0.6 is 11.8 Å². The van der Waals surface area contributed by atoms with E-state index in [-0.39, 0.29) is 11.5 Å². The molecule has 0 spiro atoms. The van der Waals surface area contributed by atoms with Crippen molar-refractivity contribution in [2.75, 3.05) is 17.7 Å². The molecular weight excluding hydrogens is 390 g/mol.